The molecule has 0 saturated heterocycles. The lowest BCUT2D eigenvalue weighted by atomic mass is 9.69. The molecule has 0 bridgehead atoms. The standard InChI is InChI=1S/C14H19BrFNO/c1-9-7-10(12(16)13(18)11(9)15)14(8-17)5-3-2-4-6-14/h7,18H,2-6,8,17H2,1H3. The molecule has 0 unspecified atom stereocenters. The molecule has 0 atom stereocenters. The highest BCUT2D eigenvalue weighted by molar-refractivity contribution is 9.10. The zero-order chi connectivity index (χ0) is 13.3. The summed E-state index contributed by atoms with van der Waals surface area (Å²) >= 11 is 3.21. The van der Waals surface area contributed by atoms with Gasteiger partial charge in [-0.15, -0.1) is 0 Å². The Labute approximate surface area is 116 Å². The molecule has 0 aliphatic heterocycles. The zero-order valence-corrected chi connectivity index (χ0v) is 12.2. The van der Waals surface area contributed by atoms with E-state index in [0.29, 0.717) is 16.6 Å². The van der Waals surface area contributed by atoms with E-state index in [1.807, 2.05) is 13.0 Å². The van der Waals surface area contributed by atoms with Crippen molar-refractivity contribution in [3.8, 4) is 5.75 Å². The van der Waals surface area contributed by atoms with Gasteiger partial charge in [0.2, 0.25) is 0 Å². The first kappa shape index (κ1) is 13.8. The zero-order valence-electron chi connectivity index (χ0n) is 10.6. The fraction of sp³-hybridized carbons (Fsp3) is 0.571. The molecule has 4 heteroatoms. The molecule has 2 rings (SSSR count). The second-order valence-electron chi connectivity index (χ2n) is 5.26. The predicted octanol–water partition coefficient (Wildman–Crippen LogP) is 3.76. The van der Waals surface area contributed by atoms with Crippen LogP contribution in [-0.4, -0.2) is 11.7 Å². The van der Waals surface area contributed by atoms with Gasteiger partial charge in [0.25, 0.3) is 0 Å². The van der Waals surface area contributed by atoms with Crippen LogP contribution in [0, 0.1) is 12.7 Å². The summed E-state index contributed by atoms with van der Waals surface area (Å²) in [6, 6.07) is 1.83. The number of phenolic OH excluding ortho intramolecular Hbond substituents is 1. The molecule has 2 nitrogen and oxygen atoms in total. The van der Waals surface area contributed by atoms with Crippen LogP contribution < -0.4 is 5.73 Å². The Hall–Kier alpha value is -0.610. The van der Waals surface area contributed by atoms with Gasteiger partial charge in [0.15, 0.2) is 11.6 Å². The molecule has 1 aliphatic carbocycles. The number of benzene rings is 1. The van der Waals surface area contributed by atoms with Crippen LogP contribution in [0.1, 0.15) is 43.2 Å². The van der Waals surface area contributed by atoms with Crippen molar-refractivity contribution in [3.05, 3.63) is 27.5 Å². The van der Waals surface area contributed by atoms with Gasteiger partial charge in [-0.1, -0.05) is 25.3 Å². The maximum atomic E-state index is 14.3. The Morgan fingerprint density at radius 3 is 2.56 bits per heavy atom. The second kappa shape index (κ2) is 5.17. The highest BCUT2D eigenvalue weighted by atomic mass is 79.9. The average molecular weight is 316 g/mol. The molecule has 0 amide bonds. The molecular formula is C14H19BrFNO. The minimum absolute atomic E-state index is 0.289. The number of aromatic hydroxyl groups is 1. The Morgan fingerprint density at radius 1 is 1.39 bits per heavy atom. The molecular weight excluding hydrogens is 297 g/mol. The number of phenols is 1. The van der Waals surface area contributed by atoms with Gasteiger partial charge in [0, 0.05) is 12.0 Å². The molecule has 1 aliphatic rings. The number of hydrogen-bond acceptors (Lipinski definition) is 2. The van der Waals surface area contributed by atoms with Gasteiger partial charge < -0.3 is 10.8 Å². The van der Waals surface area contributed by atoms with E-state index in [4.69, 9.17) is 5.73 Å². The van der Waals surface area contributed by atoms with Gasteiger partial charge in [-0.05, 0) is 46.8 Å². The van der Waals surface area contributed by atoms with Crippen molar-refractivity contribution < 1.29 is 9.50 Å². The van der Waals surface area contributed by atoms with Crippen LogP contribution >= 0.6 is 15.9 Å². The maximum absolute atomic E-state index is 14.3. The fourth-order valence-electron chi connectivity index (χ4n) is 2.95. The van der Waals surface area contributed by atoms with Crippen LogP contribution in [0.15, 0.2) is 10.5 Å². The van der Waals surface area contributed by atoms with Crippen molar-refractivity contribution >= 4 is 15.9 Å². The van der Waals surface area contributed by atoms with Crippen LogP contribution in [0.3, 0.4) is 0 Å². The topological polar surface area (TPSA) is 46.2 Å². The van der Waals surface area contributed by atoms with Crippen molar-refractivity contribution in [3.63, 3.8) is 0 Å². The van der Waals surface area contributed by atoms with E-state index >= 15 is 0 Å². The summed E-state index contributed by atoms with van der Waals surface area (Å²) in [5.74, 6) is -0.803. The lowest BCUT2D eigenvalue weighted by Gasteiger charge is -2.37. The van der Waals surface area contributed by atoms with E-state index in [9.17, 15) is 9.50 Å². The minimum atomic E-state index is -0.514. The third kappa shape index (κ3) is 2.16. The number of rotatable bonds is 2. The van der Waals surface area contributed by atoms with E-state index in [1.54, 1.807) is 0 Å². The second-order valence-corrected chi connectivity index (χ2v) is 6.06. The lowest BCUT2D eigenvalue weighted by molar-refractivity contribution is 0.287. The SMILES string of the molecule is Cc1cc(C2(CN)CCCCC2)c(F)c(O)c1Br. The van der Waals surface area contributed by atoms with Crippen molar-refractivity contribution in [1.82, 2.24) is 0 Å². The van der Waals surface area contributed by atoms with Gasteiger partial charge in [-0.2, -0.15) is 0 Å². The largest absolute Gasteiger partial charge is 0.504 e. The summed E-state index contributed by atoms with van der Waals surface area (Å²) in [5, 5.41) is 9.85. The summed E-state index contributed by atoms with van der Waals surface area (Å²) in [6.07, 6.45) is 5.14. The Bertz CT molecular complexity index is 456. The van der Waals surface area contributed by atoms with E-state index in [1.165, 1.54) is 6.42 Å². The first-order chi connectivity index (χ1) is 8.52. The highest BCUT2D eigenvalue weighted by Gasteiger charge is 2.36. The third-order valence-corrected chi connectivity index (χ3v) is 5.13. The molecule has 0 radical (unpaired) electrons. The quantitative estimate of drug-likeness (QED) is 0.872. The van der Waals surface area contributed by atoms with Crippen molar-refractivity contribution in [2.24, 2.45) is 5.73 Å². The molecule has 18 heavy (non-hydrogen) atoms. The molecule has 1 fully saturated rings. The summed E-state index contributed by atoms with van der Waals surface area (Å²) in [4.78, 5) is 0. The molecule has 0 spiro atoms. The maximum Gasteiger partial charge on any atom is 0.169 e. The summed E-state index contributed by atoms with van der Waals surface area (Å²) in [6.45, 7) is 2.30. The normalized spacial score (nSPS) is 18.9. The van der Waals surface area contributed by atoms with Gasteiger partial charge in [-0.3, -0.25) is 0 Å². The van der Waals surface area contributed by atoms with Crippen LogP contribution in [-0.2, 0) is 5.41 Å². The molecule has 1 aromatic carbocycles. The van der Waals surface area contributed by atoms with Crippen LogP contribution in [0.25, 0.3) is 0 Å². The van der Waals surface area contributed by atoms with Gasteiger partial charge in [0.1, 0.15) is 0 Å². The van der Waals surface area contributed by atoms with Crippen molar-refractivity contribution in [1.29, 1.82) is 0 Å². The van der Waals surface area contributed by atoms with Crippen molar-refractivity contribution in [2.75, 3.05) is 6.54 Å². The van der Waals surface area contributed by atoms with E-state index < -0.39 is 5.82 Å². The van der Waals surface area contributed by atoms with Crippen LogP contribution in [0.5, 0.6) is 5.75 Å². The van der Waals surface area contributed by atoms with E-state index in [2.05, 4.69) is 15.9 Å². The van der Waals surface area contributed by atoms with E-state index in [0.717, 1.165) is 31.2 Å². The number of aryl methyl sites for hydroxylation is 1. The highest BCUT2D eigenvalue weighted by Crippen LogP contribution is 2.44. The Kier molecular flexibility index (Phi) is 3.97. The Balaban J connectivity index is 2.55. The fourth-order valence-corrected chi connectivity index (χ4v) is 3.24. The number of nitrogens with two attached hydrogens (primary N) is 1. The lowest BCUT2D eigenvalue weighted by Crippen LogP contribution is -2.38. The molecule has 1 aromatic rings. The minimum Gasteiger partial charge on any atom is -0.504 e. The van der Waals surface area contributed by atoms with Crippen LogP contribution in [0.4, 0.5) is 4.39 Å². The summed E-state index contributed by atoms with van der Waals surface area (Å²) in [7, 11) is 0. The first-order valence-electron chi connectivity index (χ1n) is 6.40. The molecule has 1 saturated carbocycles. The van der Waals surface area contributed by atoms with Crippen LogP contribution in [0.2, 0.25) is 0 Å². The smallest absolute Gasteiger partial charge is 0.169 e. The predicted molar refractivity (Wildman–Crippen MR) is 74.3 cm³/mol. The monoisotopic (exact) mass is 315 g/mol. The first-order valence-corrected chi connectivity index (χ1v) is 7.19. The van der Waals surface area contributed by atoms with Gasteiger partial charge >= 0.3 is 0 Å². The number of hydrogen-bond donors (Lipinski definition) is 2. The molecule has 0 heterocycles. The molecule has 100 valence electrons. The molecule has 0 aromatic heterocycles. The van der Waals surface area contributed by atoms with Crippen molar-refractivity contribution in [2.45, 2.75) is 44.4 Å². The molecule has 3 N–H and O–H groups in total. The average Bonchev–Trinajstić information content (AvgIpc) is 2.41. The number of halogens is 2. The van der Waals surface area contributed by atoms with Gasteiger partial charge in [0.05, 0.1) is 4.47 Å². The summed E-state index contributed by atoms with van der Waals surface area (Å²) in [5.41, 5.74) is 7.05. The summed E-state index contributed by atoms with van der Waals surface area (Å²) < 4.78 is 14.8. The third-order valence-electron chi connectivity index (χ3n) is 4.13. The van der Waals surface area contributed by atoms with Gasteiger partial charge in [-0.25, -0.2) is 4.39 Å². The Morgan fingerprint density at radius 2 is 2.00 bits per heavy atom. The van der Waals surface area contributed by atoms with E-state index in [-0.39, 0.29) is 11.2 Å².